The first-order valence-electron chi connectivity index (χ1n) is 12.3. The van der Waals surface area contributed by atoms with Crippen molar-refractivity contribution in [1.82, 2.24) is 0 Å². The Bertz CT molecular complexity index is 1420. The van der Waals surface area contributed by atoms with Gasteiger partial charge in [-0.05, 0) is 78.2 Å². The highest BCUT2D eigenvalue weighted by Gasteiger charge is 2.28. The van der Waals surface area contributed by atoms with Crippen LogP contribution < -0.4 is 58.5 Å². The highest BCUT2D eigenvalue weighted by Crippen LogP contribution is 2.31. The molecule has 0 atom stereocenters. The molecule has 0 fully saturated rings. The smallest absolute Gasteiger partial charge is 0.222 e. The van der Waals surface area contributed by atoms with Crippen molar-refractivity contribution in [2.24, 2.45) is 0 Å². The van der Waals surface area contributed by atoms with Crippen molar-refractivity contribution in [2.45, 2.75) is 21.1 Å². The van der Waals surface area contributed by atoms with Gasteiger partial charge < -0.3 is 0 Å². The summed E-state index contributed by atoms with van der Waals surface area (Å²) in [7, 11) is -9.98. The van der Waals surface area contributed by atoms with Gasteiger partial charge in [-0.2, -0.15) is 0 Å². The third-order valence-electron chi connectivity index (χ3n) is 5.39. The molecule has 0 aliphatic heterocycles. The third-order valence-corrected chi connectivity index (χ3v) is 10.3. The van der Waals surface area contributed by atoms with Crippen LogP contribution in [0.3, 0.4) is 0 Å². The van der Waals surface area contributed by atoms with Crippen molar-refractivity contribution in [2.75, 3.05) is 0 Å². The molecule has 0 radical (unpaired) electrons. The molecule has 0 spiro atoms. The van der Waals surface area contributed by atoms with Crippen LogP contribution in [0.15, 0.2) is 154 Å². The minimum Gasteiger partial charge on any atom is -0.222 e. The Morgan fingerprint density at radius 3 is 1.09 bits per heavy atom. The summed E-state index contributed by atoms with van der Waals surface area (Å²) in [6.07, 6.45) is 0.967. The van der Waals surface area contributed by atoms with Gasteiger partial charge in [-0.3, -0.25) is 0 Å². The normalized spacial score (nSPS) is 11.2. The molecule has 5 aromatic rings. The van der Waals surface area contributed by atoms with Gasteiger partial charge in [0.15, 0.2) is 21.8 Å². The summed E-state index contributed by atoms with van der Waals surface area (Å²) < 4.78 is 70.9. The Morgan fingerprint density at radius 1 is 0.395 bits per heavy atom. The summed E-state index contributed by atoms with van der Waals surface area (Å²) in [5.74, 6) is 0. The van der Waals surface area contributed by atoms with E-state index in [1.54, 1.807) is 0 Å². The highest BCUT2D eigenvalue weighted by molar-refractivity contribution is 7.97. The fourth-order valence-electron chi connectivity index (χ4n) is 3.77. The minimum absolute atomic E-state index is 0.0884. The van der Waals surface area contributed by atoms with Crippen LogP contribution in [-0.2, 0) is 17.3 Å². The molecule has 43 heavy (non-hydrogen) atoms. The predicted octanol–water partition coefficient (Wildman–Crippen LogP) is -5.01. The zero-order valence-electron chi connectivity index (χ0n) is 22.3. The molecule has 224 valence electrons. The van der Waals surface area contributed by atoms with Gasteiger partial charge in [0.25, 0.3) is 0 Å². The van der Waals surface area contributed by atoms with E-state index in [0.717, 1.165) is 6.42 Å². The molecule has 0 saturated heterocycles. The quantitative estimate of drug-likeness (QED) is 0.117. The van der Waals surface area contributed by atoms with Gasteiger partial charge in [-0.1, -0.05) is 78.9 Å². The van der Waals surface area contributed by atoms with E-state index in [-0.39, 0.29) is 32.1 Å². The van der Waals surface area contributed by atoms with Crippen LogP contribution in [-0.4, -0.2) is 0 Å². The average molecular weight is 755 g/mol. The summed E-state index contributed by atoms with van der Waals surface area (Å²) >= 11 is -0.101. The van der Waals surface area contributed by atoms with Gasteiger partial charge in [-0.25, -0.2) is 37.3 Å². The first-order chi connectivity index (χ1) is 20.3. The molecule has 0 unspecified atom stereocenters. The molecule has 5 aromatic carbocycles. The van der Waals surface area contributed by atoms with Gasteiger partial charge in [0, 0.05) is 0 Å². The second-order valence-corrected chi connectivity index (χ2v) is 15.1. The molecule has 0 N–H and O–H groups in total. The van der Waals surface area contributed by atoms with Crippen molar-refractivity contribution in [1.29, 1.82) is 0 Å². The SMILES string of the molecule is [O-][Cl+3]([O-])([O-])[O-].[O-][Cl+3]([O-])([O-])[O-].c1ccc([I+]c2ccc(Cc3ccc([S+](c4ccccc4)c4ccccc4)cc3)cc2)cc1. The van der Waals surface area contributed by atoms with Gasteiger partial charge >= 0.3 is 21.2 Å². The van der Waals surface area contributed by atoms with E-state index in [9.17, 15) is 0 Å². The Morgan fingerprint density at radius 2 is 0.698 bits per heavy atom. The van der Waals surface area contributed by atoms with Crippen LogP contribution in [0, 0.1) is 27.6 Å². The molecule has 0 saturated carbocycles. The van der Waals surface area contributed by atoms with Crippen molar-refractivity contribution < 1.29 is 79.0 Å². The minimum atomic E-state index is -4.94. The van der Waals surface area contributed by atoms with E-state index in [4.69, 9.17) is 37.3 Å². The van der Waals surface area contributed by atoms with Gasteiger partial charge in [0.2, 0.25) is 0 Å². The maximum atomic E-state index is 8.49. The van der Waals surface area contributed by atoms with Gasteiger partial charge in [-0.15, -0.1) is 20.5 Å². The van der Waals surface area contributed by atoms with Gasteiger partial charge in [0.05, 0.1) is 10.9 Å². The number of hydrogen-bond acceptors (Lipinski definition) is 8. The van der Waals surface area contributed by atoms with Crippen LogP contribution in [0.25, 0.3) is 0 Å². The highest BCUT2D eigenvalue weighted by atomic mass is 127. The predicted molar refractivity (Wildman–Crippen MR) is 135 cm³/mol. The lowest BCUT2D eigenvalue weighted by atomic mass is 10.1. The number of rotatable bonds is 7. The monoisotopic (exact) mass is 754 g/mol. The fourth-order valence-corrected chi connectivity index (χ4v) is 8.07. The Balaban J connectivity index is 0.000000440. The van der Waals surface area contributed by atoms with Crippen LogP contribution in [0.5, 0.6) is 0 Å². The fraction of sp³-hybridized carbons (Fsp3) is 0.0323. The summed E-state index contributed by atoms with van der Waals surface area (Å²) in [5.41, 5.74) is 2.72. The first-order valence-corrected chi connectivity index (χ1v) is 18.2. The van der Waals surface area contributed by atoms with Crippen molar-refractivity contribution in [3.63, 3.8) is 0 Å². The topological polar surface area (TPSA) is 184 Å². The summed E-state index contributed by atoms with van der Waals surface area (Å²) in [6, 6.07) is 50.9. The first kappa shape index (κ1) is 34.9. The molecule has 8 nitrogen and oxygen atoms in total. The van der Waals surface area contributed by atoms with E-state index in [1.165, 1.54) is 33.0 Å². The Kier molecular flexibility index (Phi) is 13.9. The Hall–Kier alpha value is -2.56. The van der Waals surface area contributed by atoms with Crippen LogP contribution >= 0.6 is 0 Å². The molecule has 0 aliphatic carbocycles. The van der Waals surface area contributed by atoms with Crippen LogP contribution in [0.2, 0.25) is 0 Å². The molecule has 12 heteroatoms. The lowest BCUT2D eigenvalue weighted by Crippen LogP contribution is -3.61. The molecule has 0 heterocycles. The largest absolute Gasteiger partial charge is 0.357 e. The number of hydrogen-bond donors (Lipinski definition) is 0. The number of benzene rings is 5. The van der Waals surface area contributed by atoms with Crippen LogP contribution in [0.1, 0.15) is 11.1 Å². The number of halogens is 3. The van der Waals surface area contributed by atoms with Crippen molar-refractivity contribution in [3.8, 4) is 0 Å². The lowest BCUT2D eigenvalue weighted by molar-refractivity contribution is -2.00. The molecule has 0 aromatic heterocycles. The molecular weight excluding hydrogens is 730 g/mol. The molecule has 5 rings (SSSR count). The van der Waals surface area contributed by atoms with E-state index in [0.29, 0.717) is 0 Å². The summed E-state index contributed by atoms with van der Waals surface area (Å²) in [5, 5.41) is 0. The summed E-state index contributed by atoms with van der Waals surface area (Å²) in [6.45, 7) is 0. The summed E-state index contributed by atoms with van der Waals surface area (Å²) in [4.78, 5) is 4.07. The average Bonchev–Trinajstić information content (AvgIpc) is 2.95. The molecule has 0 bridgehead atoms. The van der Waals surface area contributed by atoms with E-state index >= 15 is 0 Å². The Labute approximate surface area is 267 Å². The molecule has 0 aliphatic rings. The second-order valence-electron chi connectivity index (χ2n) is 8.53. The molecular formula is C31H25Cl2IO8S. The maximum absolute atomic E-state index is 8.49. The van der Waals surface area contributed by atoms with Crippen molar-refractivity contribution >= 4 is 10.9 Å². The van der Waals surface area contributed by atoms with E-state index < -0.39 is 20.5 Å². The van der Waals surface area contributed by atoms with E-state index in [2.05, 4.69) is 140 Å². The maximum Gasteiger partial charge on any atom is 0.357 e. The van der Waals surface area contributed by atoms with Gasteiger partial charge in [0.1, 0.15) is 0 Å². The van der Waals surface area contributed by atoms with Crippen molar-refractivity contribution in [3.05, 3.63) is 158 Å². The standard InChI is InChI=1S/C31H25IS.2ClHO4/c1-4-10-27(11-5-1)32-28-20-16-25(17-21-28)24-26-18-22-31(23-19-26)33(29-12-6-2-7-13-29)30-14-8-3-9-15-30;2*2-1(3,4)5/h1-23H,24H2;2*(H,2,3,4,5)/q+2;;/p-2. The molecule has 0 amide bonds. The second kappa shape index (κ2) is 17.1. The zero-order chi connectivity index (χ0) is 31.3. The van der Waals surface area contributed by atoms with Crippen LogP contribution in [0.4, 0.5) is 0 Å². The van der Waals surface area contributed by atoms with E-state index in [1.807, 2.05) is 0 Å². The lowest BCUT2D eigenvalue weighted by Gasteiger charge is -2.17. The third kappa shape index (κ3) is 14.6. The zero-order valence-corrected chi connectivity index (χ0v) is 26.8.